The Morgan fingerprint density at radius 2 is 0.574 bits per heavy atom. The van der Waals surface area contributed by atoms with Crippen LogP contribution in [0.25, 0.3) is 0 Å². The van der Waals surface area contributed by atoms with Crippen molar-refractivity contribution in [2.75, 3.05) is 13.2 Å². The van der Waals surface area contributed by atoms with Gasteiger partial charge in [-0.25, -0.2) is 0 Å². The van der Waals surface area contributed by atoms with Gasteiger partial charge in [0.25, 0.3) is 0 Å². The van der Waals surface area contributed by atoms with Crippen molar-refractivity contribution in [3.63, 3.8) is 0 Å². The Labute approximate surface area is 422 Å². The van der Waals surface area contributed by atoms with E-state index in [0.717, 1.165) is 77.0 Å². The highest BCUT2D eigenvalue weighted by Crippen LogP contribution is 2.17. The summed E-state index contributed by atoms with van der Waals surface area (Å²) in [7, 11) is 0. The molecule has 0 spiro atoms. The van der Waals surface area contributed by atoms with Crippen molar-refractivity contribution >= 4 is 17.9 Å². The van der Waals surface area contributed by atoms with Crippen LogP contribution in [-0.2, 0) is 28.6 Å². The predicted molar refractivity (Wildman–Crippen MR) is 293 cm³/mol. The van der Waals surface area contributed by atoms with Gasteiger partial charge in [-0.3, -0.25) is 14.4 Å². The molecule has 68 heavy (non-hydrogen) atoms. The molecule has 0 aliphatic rings. The third-order valence-electron chi connectivity index (χ3n) is 13.1. The van der Waals surface area contributed by atoms with Gasteiger partial charge >= 0.3 is 17.9 Å². The van der Waals surface area contributed by atoms with E-state index in [2.05, 4.69) is 69.4 Å². The number of unbranched alkanes of at least 4 members (excludes halogenated alkanes) is 35. The summed E-state index contributed by atoms with van der Waals surface area (Å²) in [5.41, 5.74) is 0. The zero-order valence-electron chi connectivity index (χ0n) is 45.4. The van der Waals surface area contributed by atoms with Crippen molar-refractivity contribution in [2.24, 2.45) is 0 Å². The number of rotatable bonds is 54. The molecule has 0 rings (SSSR count). The summed E-state index contributed by atoms with van der Waals surface area (Å²) in [6.07, 6.45) is 70.3. The van der Waals surface area contributed by atoms with Crippen molar-refractivity contribution in [2.45, 2.75) is 316 Å². The second kappa shape index (κ2) is 57.0. The third kappa shape index (κ3) is 54.3. The van der Waals surface area contributed by atoms with Gasteiger partial charge in [-0.1, -0.05) is 281 Å². The molecule has 0 bridgehead atoms. The van der Waals surface area contributed by atoms with Gasteiger partial charge in [-0.2, -0.15) is 0 Å². The van der Waals surface area contributed by atoms with Crippen LogP contribution in [0.3, 0.4) is 0 Å². The zero-order valence-corrected chi connectivity index (χ0v) is 45.4. The third-order valence-corrected chi connectivity index (χ3v) is 13.1. The summed E-state index contributed by atoms with van der Waals surface area (Å²) in [6, 6.07) is 0. The summed E-state index contributed by atoms with van der Waals surface area (Å²) in [6.45, 7) is 6.46. The summed E-state index contributed by atoms with van der Waals surface area (Å²) >= 11 is 0. The molecule has 6 nitrogen and oxygen atoms in total. The number of allylic oxidation sites excluding steroid dienone is 8. The Bertz CT molecular complexity index is 1190. The lowest BCUT2D eigenvalue weighted by atomic mass is 10.0. The van der Waals surface area contributed by atoms with Crippen LogP contribution in [0.2, 0.25) is 0 Å². The highest BCUT2D eigenvalue weighted by atomic mass is 16.6. The van der Waals surface area contributed by atoms with Crippen LogP contribution in [0, 0.1) is 0 Å². The second-order valence-electron chi connectivity index (χ2n) is 19.9. The maximum atomic E-state index is 12.7. The van der Waals surface area contributed by atoms with E-state index in [1.54, 1.807) is 0 Å². The summed E-state index contributed by atoms with van der Waals surface area (Å²) in [4.78, 5) is 37.8. The van der Waals surface area contributed by atoms with Crippen LogP contribution < -0.4 is 0 Å². The topological polar surface area (TPSA) is 78.9 Å². The first-order chi connectivity index (χ1) is 33.5. The molecule has 0 fully saturated rings. The summed E-state index contributed by atoms with van der Waals surface area (Å²) in [5, 5.41) is 0. The Morgan fingerprint density at radius 3 is 0.897 bits per heavy atom. The van der Waals surface area contributed by atoms with Gasteiger partial charge in [0.1, 0.15) is 13.2 Å². The molecule has 0 aromatic heterocycles. The van der Waals surface area contributed by atoms with Crippen LogP contribution >= 0.6 is 0 Å². The fraction of sp³-hybridized carbons (Fsp3) is 0.823. The van der Waals surface area contributed by atoms with Crippen LogP contribution in [0.1, 0.15) is 310 Å². The first kappa shape index (κ1) is 65.4. The molecule has 0 saturated heterocycles. The number of hydrogen-bond donors (Lipinski definition) is 0. The molecular weight excluding hydrogens is 841 g/mol. The monoisotopic (exact) mass is 953 g/mol. The van der Waals surface area contributed by atoms with Gasteiger partial charge in [0.05, 0.1) is 0 Å². The molecule has 0 heterocycles. The van der Waals surface area contributed by atoms with E-state index in [1.807, 2.05) is 0 Å². The van der Waals surface area contributed by atoms with Gasteiger partial charge in [-0.15, -0.1) is 0 Å². The molecule has 1 unspecified atom stereocenters. The van der Waals surface area contributed by atoms with Crippen molar-refractivity contribution < 1.29 is 28.6 Å². The molecule has 0 aromatic carbocycles. The van der Waals surface area contributed by atoms with Crippen LogP contribution in [0.15, 0.2) is 48.6 Å². The molecule has 0 aromatic rings. The van der Waals surface area contributed by atoms with Crippen molar-refractivity contribution in [1.82, 2.24) is 0 Å². The minimum atomic E-state index is -0.789. The summed E-state index contributed by atoms with van der Waals surface area (Å²) in [5.74, 6) is -0.927. The van der Waals surface area contributed by atoms with E-state index < -0.39 is 6.10 Å². The van der Waals surface area contributed by atoms with Gasteiger partial charge in [0.15, 0.2) is 6.10 Å². The normalized spacial score (nSPS) is 12.3. The Hall–Kier alpha value is -2.63. The Kier molecular flexibility index (Phi) is 54.8. The van der Waals surface area contributed by atoms with E-state index in [-0.39, 0.29) is 37.5 Å². The average Bonchev–Trinajstić information content (AvgIpc) is 3.34. The van der Waals surface area contributed by atoms with Crippen molar-refractivity contribution in [3.8, 4) is 0 Å². The quantitative estimate of drug-likeness (QED) is 0.0262. The lowest BCUT2D eigenvalue weighted by Gasteiger charge is -2.18. The molecule has 0 aliphatic heterocycles. The second-order valence-corrected chi connectivity index (χ2v) is 19.9. The smallest absolute Gasteiger partial charge is 0.306 e. The minimum Gasteiger partial charge on any atom is -0.462 e. The fourth-order valence-electron chi connectivity index (χ4n) is 8.67. The largest absolute Gasteiger partial charge is 0.462 e. The van der Waals surface area contributed by atoms with E-state index in [4.69, 9.17) is 14.2 Å². The maximum absolute atomic E-state index is 12.7. The zero-order chi connectivity index (χ0) is 49.3. The first-order valence-corrected chi connectivity index (χ1v) is 29.6. The molecule has 0 amide bonds. The Balaban J connectivity index is 4.01. The molecule has 396 valence electrons. The van der Waals surface area contributed by atoms with Gasteiger partial charge in [0.2, 0.25) is 0 Å². The Morgan fingerprint density at radius 1 is 0.309 bits per heavy atom. The molecule has 0 N–H and O–H groups in total. The van der Waals surface area contributed by atoms with Crippen molar-refractivity contribution in [3.05, 3.63) is 48.6 Å². The van der Waals surface area contributed by atoms with Gasteiger partial charge in [-0.05, 0) is 57.8 Å². The molecule has 1 atom stereocenters. The fourth-order valence-corrected chi connectivity index (χ4v) is 8.67. The molecule has 0 saturated carbocycles. The first-order valence-electron chi connectivity index (χ1n) is 29.6. The average molecular weight is 954 g/mol. The van der Waals surface area contributed by atoms with E-state index in [0.29, 0.717) is 19.3 Å². The highest BCUT2D eigenvalue weighted by molar-refractivity contribution is 5.71. The standard InChI is InChI=1S/C62H112O6/c1-4-7-10-13-16-18-20-22-24-25-26-27-28-29-30-31-32-33-34-35-36-37-39-40-42-44-46-49-52-55-61(64)67-58-59(57-66-60(63)54-51-48-15-12-9-6-3)68-62(65)56-53-50-47-45-43-41-38-23-21-19-17-14-11-8-5-2/h8,11,17,19,23,38,43,45,59H,4-7,9-10,12-16,18,20-22,24-37,39-42,44,46-58H2,1-3H3/b11-8-,19-17-,38-23-,45-43-. The van der Waals surface area contributed by atoms with E-state index >= 15 is 0 Å². The SMILES string of the molecule is CC/C=C\C/C=C\C/C=C\C/C=C\CCCCC(=O)OC(COC(=O)CCCCCCCC)COC(=O)CCCCCCCCCCCCCCCCCCCCCCCCCCCCCCC. The van der Waals surface area contributed by atoms with Gasteiger partial charge < -0.3 is 14.2 Å². The minimum absolute atomic E-state index is 0.0869. The van der Waals surface area contributed by atoms with Crippen LogP contribution in [0.4, 0.5) is 0 Å². The molecule has 0 aliphatic carbocycles. The maximum Gasteiger partial charge on any atom is 0.306 e. The summed E-state index contributed by atoms with van der Waals surface area (Å²) < 4.78 is 16.7. The van der Waals surface area contributed by atoms with E-state index in [9.17, 15) is 14.4 Å². The van der Waals surface area contributed by atoms with E-state index in [1.165, 1.54) is 186 Å². The number of carbonyl (C=O) groups excluding carboxylic acids is 3. The van der Waals surface area contributed by atoms with Crippen LogP contribution in [0.5, 0.6) is 0 Å². The number of hydrogen-bond acceptors (Lipinski definition) is 6. The molecule has 6 heteroatoms. The van der Waals surface area contributed by atoms with Crippen LogP contribution in [-0.4, -0.2) is 37.2 Å². The molecule has 0 radical (unpaired) electrons. The molecular formula is C62H112O6. The predicted octanol–water partition coefficient (Wildman–Crippen LogP) is 19.8. The number of ether oxygens (including phenoxy) is 3. The lowest BCUT2D eigenvalue weighted by Crippen LogP contribution is -2.30. The van der Waals surface area contributed by atoms with Crippen molar-refractivity contribution in [1.29, 1.82) is 0 Å². The van der Waals surface area contributed by atoms with Gasteiger partial charge in [0, 0.05) is 19.3 Å². The number of esters is 3. The highest BCUT2D eigenvalue weighted by Gasteiger charge is 2.19. The lowest BCUT2D eigenvalue weighted by molar-refractivity contribution is -0.167. The number of carbonyl (C=O) groups is 3.